The Morgan fingerprint density at radius 1 is 1.32 bits per heavy atom. The molecular weight excluding hydrogens is 290 g/mol. The van der Waals surface area contributed by atoms with E-state index in [9.17, 15) is 18.4 Å². The minimum atomic E-state index is -0.940. The van der Waals surface area contributed by atoms with Crippen molar-refractivity contribution in [1.82, 2.24) is 10.2 Å². The fourth-order valence-electron chi connectivity index (χ4n) is 2.59. The first-order chi connectivity index (χ1) is 10.4. The molecule has 0 aromatic heterocycles. The molecule has 0 atom stereocenters. The number of carbonyl (C=O) groups excluding carboxylic acids is 2. The van der Waals surface area contributed by atoms with Crippen molar-refractivity contribution < 1.29 is 18.4 Å². The molecule has 0 bridgehead atoms. The van der Waals surface area contributed by atoms with Gasteiger partial charge >= 0.3 is 0 Å². The fraction of sp³-hybridized carbons (Fsp3) is 0.500. The maximum atomic E-state index is 13.5. The highest BCUT2D eigenvalue weighted by Crippen LogP contribution is 2.26. The van der Waals surface area contributed by atoms with Gasteiger partial charge in [-0.15, -0.1) is 0 Å². The van der Waals surface area contributed by atoms with E-state index in [-0.39, 0.29) is 30.1 Å². The zero-order chi connectivity index (χ0) is 16.3. The summed E-state index contributed by atoms with van der Waals surface area (Å²) in [6.45, 7) is 3.67. The van der Waals surface area contributed by atoms with Crippen molar-refractivity contribution in [2.75, 3.05) is 6.54 Å². The number of nitrogens with one attached hydrogen (secondary N) is 1. The smallest absolute Gasteiger partial charge is 0.254 e. The summed E-state index contributed by atoms with van der Waals surface area (Å²) in [6, 6.07) is 3.00. The van der Waals surface area contributed by atoms with Crippen LogP contribution >= 0.6 is 0 Å². The summed E-state index contributed by atoms with van der Waals surface area (Å²) in [4.78, 5) is 25.9. The van der Waals surface area contributed by atoms with Crippen LogP contribution in [0.2, 0.25) is 0 Å². The number of rotatable bonds is 5. The van der Waals surface area contributed by atoms with Crippen molar-refractivity contribution >= 4 is 11.8 Å². The predicted octanol–water partition coefficient (Wildman–Crippen LogP) is 2.48. The van der Waals surface area contributed by atoms with Gasteiger partial charge in [0.05, 0.1) is 12.1 Å². The van der Waals surface area contributed by atoms with Gasteiger partial charge in [-0.3, -0.25) is 9.59 Å². The fourth-order valence-corrected chi connectivity index (χ4v) is 2.59. The Bertz CT molecular complexity index is 571. The molecule has 2 amide bonds. The van der Waals surface area contributed by atoms with Crippen molar-refractivity contribution in [2.45, 2.75) is 45.2 Å². The lowest BCUT2D eigenvalue weighted by Crippen LogP contribution is -2.51. The predicted molar refractivity (Wildman–Crippen MR) is 78.3 cm³/mol. The highest BCUT2D eigenvalue weighted by Gasteiger charge is 2.30. The summed E-state index contributed by atoms with van der Waals surface area (Å²) in [5, 5.41) is 2.40. The lowest BCUT2D eigenvalue weighted by Gasteiger charge is -2.40. The summed E-state index contributed by atoms with van der Waals surface area (Å²) < 4.78 is 26.3. The van der Waals surface area contributed by atoms with Crippen molar-refractivity contribution in [3.63, 3.8) is 0 Å². The second-order valence-electron chi connectivity index (χ2n) is 5.79. The Kier molecular flexibility index (Phi) is 5.11. The number of carbonyl (C=O) groups is 2. The van der Waals surface area contributed by atoms with Crippen LogP contribution in [-0.2, 0) is 4.79 Å². The largest absolute Gasteiger partial charge is 0.343 e. The summed E-state index contributed by atoms with van der Waals surface area (Å²) in [5.74, 6) is -2.59. The van der Waals surface area contributed by atoms with Crippen LogP contribution in [0.15, 0.2) is 18.2 Å². The van der Waals surface area contributed by atoms with Crippen LogP contribution < -0.4 is 5.32 Å². The lowest BCUT2D eigenvalue weighted by molar-refractivity contribution is -0.136. The Morgan fingerprint density at radius 3 is 2.50 bits per heavy atom. The second kappa shape index (κ2) is 6.85. The normalized spacial score (nSPS) is 14.6. The minimum absolute atomic E-state index is 0.0530. The van der Waals surface area contributed by atoms with Gasteiger partial charge in [0.25, 0.3) is 5.91 Å². The number of halogens is 2. The van der Waals surface area contributed by atoms with E-state index < -0.39 is 17.5 Å². The molecule has 0 heterocycles. The molecule has 1 aromatic rings. The number of benzene rings is 1. The number of hydrogen-bond acceptors (Lipinski definition) is 2. The third-order valence-corrected chi connectivity index (χ3v) is 3.89. The minimum Gasteiger partial charge on any atom is -0.343 e. The van der Waals surface area contributed by atoms with Crippen molar-refractivity contribution in [3.8, 4) is 0 Å². The standard InChI is InChI=1S/C16H20F2N2O2/c1-10(2)20(12-4-3-5-12)15(21)9-19-16(22)13-7-6-11(17)8-14(13)18/h6-8,10,12H,3-5,9H2,1-2H3,(H,19,22). The summed E-state index contributed by atoms with van der Waals surface area (Å²) in [7, 11) is 0. The first-order valence-corrected chi connectivity index (χ1v) is 7.44. The van der Waals surface area contributed by atoms with Gasteiger partial charge in [0.1, 0.15) is 11.6 Å². The highest BCUT2D eigenvalue weighted by atomic mass is 19.1. The Morgan fingerprint density at radius 2 is 2.00 bits per heavy atom. The molecule has 0 aliphatic heterocycles. The van der Waals surface area contributed by atoms with Gasteiger partial charge in [0.2, 0.25) is 5.91 Å². The Labute approximate surface area is 128 Å². The van der Waals surface area contributed by atoms with Gasteiger partial charge in [-0.1, -0.05) is 0 Å². The molecule has 0 spiro atoms. The SMILES string of the molecule is CC(C)N(C(=O)CNC(=O)c1ccc(F)cc1F)C1CCC1. The van der Waals surface area contributed by atoms with E-state index in [1.807, 2.05) is 13.8 Å². The zero-order valence-corrected chi connectivity index (χ0v) is 12.7. The van der Waals surface area contributed by atoms with Crippen LogP contribution in [-0.4, -0.2) is 35.3 Å². The quantitative estimate of drug-likeness (QED) is 0.908. The molecule has 2 rings (SSSR count). The Hall–Kier alpha value is -1.98. The van der Waals surface area contributed by atoms with Gasteiger partial charge in [-0.25, -0.2) is 8.78 Å². The molecule has 0 saturated heterocycles. The van der Waals surface area contributed by atoms with E-state index in [0.717, 1.165) is 31.4 Å². The third-order valence-electron chi connectivity index (χ3n) is 3.89. The molecule has 1 aliphatic carbocycles. The van der Waals surface area contributed by atoms with E-state index in [1.54, 1.807) is 4.90 Å². The molecule has 1 aromatic carbocycles. The van der Waals surface area contributed by atoms with E-state index >= 15 is 0 Å². The molecule has 1 aliphatic rings. The molecule has 1 fully saturated rings. The maximum absolute atomic E-state index is 13.5. The van der Waals surface area contributed by atoms with Gasteiger partial charge in [-0.05, 0) is 45.2 Å². The molecule has 0 radical (unpaired) electrons. The van der Waals surface area contributed by atoms with Crippen LogP contribution in [0.25, 0.3) is 0 Å². The first kappa shape index (κ1) is 16.4. The third kappa shape index (κ3) is 3.61. The van der Waals surface area contributed by atoms with Crippen LogP contribution in [0.3, 0.4) is 0 Å². The molecule has 22 heavy (non-hydrogen) atoms. The highest BCUT2D eigenvalue weighted by molar-refractivity contribution is 5.96. The van der Waals surface area contributed by atoms with Crippen LogP contribution in [0, 0.1) is 11.6 Å². The van der Waals surface area contributed by atoms with Crippen LogP contribution in [0.1, 0.15) is 43.5 Å². The second-order valence-corrected chi connectivity index (χ2v) is 5.79. The molecule has 1 saturated carbocycles. The first-order valence-electron chi connectivity index (χ1n) is 7.44. The van der Waals surface area contributed by atoms with Gasteiger partial charge in [-0.2, -0.15) is 0 Å². The molecule has 1 N–H and O–H groups in total. The summed E-state index contributed by atoms with van der Waals surface area (Å²) >= 11 is 0. The van der Waals surface area contributed by atoms with Gasteiger partial charge in [0.15, 0.2) is 0 Å². The van der Waals surface area contributed by atoms with Crippen LogP contribution in [0.4, 0.5) is 8.78 Å². The van der Waals surface area contributed by atoms with Crippen molar-refractivity contribution in [2.24, 2.45) is 0 Å². The zero-order valence-electron chi connectivity index (χ0n) is 12.7. The van der Waals surface area contributed by atoms with Gasteiger partial charge in [0, 0.05) is 18.2 Å². The average Bonchev–Trinajstić information content (AvgIpc) is 2.39. The average molecular weight is 310 g/mol. The molecule has 6 heteroatoms. The monoisotopic (exact) mass is 310 g/mol. The van der Waals surface area contributed by atoms with Crippen LogP contribution in [0.5, 0.6) is 0 Å². The molecular formula is C16H20F2N2O2. The summed E-state index contributed by atoms with van der Waals surface area (Å²) in [6.07, 6.45) is 3.06. The summed E-state index contributed by atoms with van der Waals surface area (Å²) in [5.41, 5.74) is -0.269. The molecule has 4 nitrogen and oxygen atoms in total. The van der Waals surface area contributed by atoms with E-state index in [4.69, 9.17) is 0 Å². The van der Waals surface area contributed by atoms with E-state index in [1.165, 1.54) is 0 Å². The number of hydrogen-bond donors (Lipinski definition) is 1. The van der Waals surface area contributed by atoms with Crippen molar-refractivity contribution in [3.05, 3.63) is 35.4 Å². The number of nitrogens with zero attached hydrogens (tertiary/aromatic N) is 1. The molecule has 120 valence electrons. The maximum Gasteiger partial charge on any atom is 0.254 e. The lowest BCUT2D eigenvalue weighted by atomic mass is 9.90. The molecule has 0 unspecified atom stereocenters. The van der Waals surface area contributed by atoms with Gasteiger partial charge < -0.3 is 10.2 Å². The van der Waals surface area contributed by atoms with Crippen molar-refractivity contribution in [1.29, 1.82) is 0 Å². The topological polar surface area (TPSA) is 49.4 Å². The van der Waals surface area contributed by atoms with E-state index in [2.05, 4.69) is 5.32 Å². The number of amides is 2. The van der Waals surface area contributed by atoms with E-state index in [0.29, 0.717) is 6.07 Å². The Balaban J connectivity index is 1.96.